The molecule has 0 unspecified atom stereocenters. The Hall–Kier alpha value is -3.38. The molecular weight excluding hydrogens is 398 g/mol. The van der Waals surface area contributed by atoms with E-state index in [9.17, 15) is 19.2 Å². The number of hydrogen-bond donors (Lipinski definition) is 8. The number of rotatable bonds is 8. The van der Waals surface area contributed by atoms with Crippen molar-refractivity contribution in [1.82, 2.24) is 5.32 Å². The number of urea groups is 1. The lowest BCUT2D eigenvalue weighted by molar-refractivity contribution is -0.140. The SMILES string of the molecule is CC(C)[C@H](N)C(=O)O.NC(=O)NCCC[C@H](N)C(=O)O.Nc1ccc(C(=O)O)cc1. The quantitative estimate of drug-likeness (QED) is 0.201. The van der Waals surface area contributed by atoms with Crippen LogP contribution in [-0.2, 0) is 9.59 Å². The number of carboxylic acid groups (broad SMARTS) is 3. The van der Waals surface area contributed by atoms with Gasteiger partial charge in [-0.3, -0.25) is 9.59 Å². The molecule has 0 radical (unpaired) electrons. The van der Waals surface area contributed by atoms with Crippen LogP contribution >= 0.6 is 0 Å². The van der Waals surface area contributed by atoms with Gasteiger partial charge < -0.3 is 43.6 Å². The van der Waals surface area contributed by atoms with Crippen LogP contribution in [0.3, 0.4) is 0 Å². The molecule has 2 atom stereocenters. The van der Waals surface area contributed by atoms with E-state index in [0.717, 1.165) is 0 Å². The lowest BCUT2D eigenvalue weighted by Gasteiger charge is -2.07. The first kappa shape index (κ1) is 28.8. The molecule has 170 valence electrons. The predicted molar refractivity (Wildman–Crippen MR) is 111 cm³/mol. The van der Waals surface area contributed by atoms with Crippen LogP contribution in [0.1, 0.15) is 37.0 Å². The average molecular weight is 429 g/mol. The zero-order valence-corrected chi connectivity index (χ0v) is 16.9. The summed E-state index contributed by atoms with van der Waals surface area (Å²) in [4.78, 5) is 40.6. The summed E-state index contributed by atoms with van der Waals surface area (Å²) in [5.74, 6) is -2.87. The van der Waals surface area contributed by atoms with E-state index < -0.39 is 36.0 Å². The minimum atomic E-state index is -1.03. The Morgan fingerprint density at radius 2 is 1.47 bits per heavy atom. The first-order valence-electron chi connectivity index (χ1n) is 8.88. The molecule has 1 rings (SSSR count). The van der Waals surface area contributed by atoms with Crippen LogP contribution in [0.25, 0.3) is 0 Å². The predicted octanol–water partition coefficient (Wildman–Crippen LogP) is -0.132. The molecule has 1 aromatic rings. The molecule has 0 aliphatic heterocycles. The van der Waals surface area contributed by atoms with E-state index in [1.165, 1.54) is 12.1 Å². The summed E-state index contributed by atoms with van der Waals surface area (Å²) < 4.78 is 0. The molecule has 0 saturated heterocycles. The summed E-state index contributed by atoms with van der Waals surface area (Å²) in [6.07, 6.45) is 0.839. The van der Waals surface area contributed by atoms with Crippen LogP contribution < -0.4 is 28.3 Å². The number of amides is 2. The van der Waals surface area contributed by atoms with Crippen LogP contribution in [0.5, 0.6) is 0 Å². The highest BCUT2D eigenvalue weighted by Gasteiger charge is 2.14. The molecule has 0 spiro atoms. The van der Waals surface area contributed by atoms with E-state index in [0.29, 0.717) is 25.1 Å². The lowest BCUT2D eigenvalue weighted by atomic mass is 10.1. The van der Waals surface area contributed by atoms with E-state index in [1.54, 1.807) is 26.0 Å². The van der Waals surface area contributed by atoms with E-state index in [-0.39, 0.29) is 11.5 Å². The third-order valence-electron chi connectivity index (χ3n) is 3.47. The van der Waals surface area contributed by atoms with E-state index in [4.69, 9.17) is 38.3 Å². The Morgan fingerprint density at radius 3 is 1.77 bits per heavy atom. The number of hydrogen-bond acceptors (Lipinski definition) is 7. The molecule has 0 saturated carbocycles. The van der Waals surface area contributed by atoms with Gasteiger partial charge in [0.05, 0.1) is 5.56 Å². The topological polar surface area (TPSA) is 245 Å². The Bertz CT molecular complexity index is 680. The van der Waals surface area contributed by atoms with Crippen molar-refractivity contribution in [3.05, 3.63) is 29.8 Å². The van der Waals surface area contributed by atoms with Crippen molar-refractivity contribution >= 4 is 29.6 Å². The van der Waals surface area contributed by atoms with Gasteiger partial charge in [0.1, 0.15) is 12.1 Å². The van der Waals surface area contributed by atoms with Crippen molar-refractivity contribution in [2.24, 2.45) is 23.1 Å². The second kappa shape index (κ2) is 15.5. The average Bonchev–Trinajstić information content (AvgIpc) is 2.65. The smallest absolute Gasteiger partial charge is 0.335 e. The summed E-state index contributed by atoms with van der Waals surface area (Å²) in [6.45, 7) is 3.91. The van der Waals surface area contributed by atoms with Crippen LogP contribution in [-0.4, -0.2) is 57.9 Å². The highest BCUT2D eigenvalue weighted by Crippen LogP contribution is 2.04. The van der Waals surface area contributed by atoms with Crippen LogP contribution in [0.15, 0.2) is 24.3 Å². The third-order valence-corrected chi connectivity index (χ3v) is 3.47. The van der Waals surface area contributed by atoms with E-state index in [2.05, 4.69) is 5.32 Å². The summed E-state index contributed by atoms with van der Waals surface area (Å²) in [7, 11) is 0. The number of anilines is 1. The minimum absolute atomic E-state index is 0.0208. The molecule has 0 fully saturated rings. The zero-order valence-electron chi connectivity index (χ0n) is 16.9. The van der Waals surface area contributed by atoms with Gasteiger partial charge in [-0.05, 0) is 43.0 Å². The molecule has 0 aliphatic carbocycles. The molecule has 1 aromatic carbocycles. The summed E-state index contributed by atoms with van der Waals surface area (Å²) in [5.41, 5.74) is 21.3. The van der Waals surface area contributed by atoms with Crippen molar-refractivity contribution in [3.63, 3.8) is 0 Å². The first-order chi connectivity index (χ1) is 13.8. The van der Waals surface area contributed by atoms with Gasteiger partial charge in [0.2, 0.25) is 0 Å². The molecule has 12 nitrogen and oxygen atoms in total. The number of nitrogen functional groups attached to an aromatic ring is 1. The molecule has 12 heteroatoms. The van der Waals surface area contributed by atoms with Crippen LogP contribution in [0.2, 0.25) is 0 Å². The number of carbonyl (C=O) groups excluding carboxylic acids is 1. The number of carboxylic acids is 3. The van der Waals surface area contributed by atoms with Crippen molar-refractivity contribution in [2.75, 3.05) is 12.3 Å². The molecule has 0 aromatic heterocycles. The number of nitrogens with two attached hydrogens (primary N) is 4. The number of aromatic carboxylic acids is 1. The molecule has 0 aliphatic rings. The Balaban J connectivity index is 0. The standard InChI is InChI=1S/C7H7NO2.C6H13N3O3.C5H11NO2/c8-6-3-1-5(2-4-6)7(9)10;7-4(5(10)11)2-1-3-9-6(8)12;1-3(2)4(6)5(7)8/h1-4H,8H2,(H,9,10);4H,1-3,7H2,(H,10,11)(H3,8,9,12);3-4H,6H2,1-2H3,(H,7,8)/t;2*4-/m.00/s1. The van der Waals surface area contributed by atoms with Crippen LogP contribution in [0.4, 0.5) is 10.5 Å². The maximum atomic E-state index is 10.3. The van der Waals surface area contributed by atoms with E-state index >= 15 is 0 Å². The molecule has 0 heterocycles. The lowest BCUT2D eigenvalue weighted by Crippen LogP contribution is -2.34. The fraction of sp³-hybridized carbons (Fsp3) is 0.444. The fourth-order valence-electron chi connectivity index (χ4n) is 1.57. The molecular formula is C18H31N5O7. The van der Waals surface area contributed by atoms with Gasteiger partial charge in [-0.15, -0.1) is 0 Å². The van der Waals surface area contributed by atoms with Crippen LogP contribution in [0, 0.1) is 5.92 Å². The molecule has 0 bridgehead atoms. The highest BCUT2D eigenvalue weighted by atomic mass is 16.4. The van der Waals surface area contributed by atoms with Gasteiger partial charge in [0.25, 0.3) is 0 Å². The molecule has 2 amide bonds. The van der Waals surface area contributed by atoms with Crippen molar-refractivity contribution in [2.45, 2.75) is 38.8 Å². The summed E-state index contributed by atoms with van der Waals surface area (Å²) in [5, 5.41) is 27.3. The number of aliphatic carboxylic acids is 2. The number of carbonyl (C=O) groups is 4. The summed E-state index contributed by atoms with van der Waals surface area (Å²) >= 11 is 0. The number of benzene rings is 1. The minimum Gasteiger partial charge on any atom is -0.480 e. The largest absolute Gasteiger partial charge is 0.480 e. The second-order valence-corrected chi connectivity index (χ2v) is 6.41. The maximum Gasteiger partial charge on any atom is 0.335 e. The fourth-order valence-corrected chi connectivity index (χ4v) is 1.57. The Morgan fingerprint density at radius 1 is 0.967 bits per heavy atom. The number of primary amides is 1. The van der Waals surface area contributed by atoms with Crippen molar-refractivity contribution in [1.29, 1.82) is 0 Å². The zero-order chi connectivity index (χ0) is 23.9. The molecule has 12 N–H and O–H groups in total. The highest BCUT2D eigenvalue weighted by molar-refractivity contribution is 5.87. The van der Waals surface area contributed by atoms with Gasteiger partial charge in [0, 0.05) is 12.2 Å². The van der Waals surface area contributed by atoms with Gasteiger partial charge in [-0.25, -0.2) is 9.59 Å². The van der Waals surface area contributed by atoms with E-state index in [1.807, 2.05) is 0 Å². The third kappa shape index (κ3) is 15.7. The Labute approximate surface area is 174 Å². The molecule has 30 heavy (non-hydrogen) atoms. The van der Waals surface area contributed by atoms with Crippen molar-refractivity contribution in [3.8, 4) is 0 Å². The van der Waals surface area contributed by atoms with Gasteiger partial charge in [0.15, 0.2) is 0 Å². The van der Waals surface area contributed by atoms with Crippen molar-refractivity contribution < 1.29 is 34.5 Å². The summed E-state index contributed by atoms with van der Waals surface area (Å²) in [6, 6.07) is 3.87. The van der Waals surface area contributed by atoms with Gasteiger partial charge in [-0.1, -0.05) is 13.8 Å². The van der Waals surface area contributed by atoms with Gasteiger partial charge >= 0.3 is 23.9 Å². The maximum absolute atomic E-state index is 10.3. The Kier molecular flexibility index (Phi) is 14.9. The second-order valence-electron chi connectivity index (χ2n) is 6.41. The monoisotopic (exact) mass is 429 g/mol. The first-order valence-corrected chi connectivity index (χ1v) is 8.88. The van der Waals surface area contributed by atoms with Gasteiger partial charge in [-0.2, -0.15) is 0 Å². The normalized spacial score (nSPS) is 11.6. The number of nitrogens with one attached hydrogen (secondary N) is 1.